The van der Waals surface area contributed by atoms with E-state index in [2.05, 4.69) is 19.7 Å². The fourth-order valence-electron chi connectivity index (χ4n) is 3.44. The summed E-state index contributed by atoms with van der Waals surface area (Å²) in [5.41, 5.74) is 3.57. The molecule has 0 saturated carbocycles. The largest absolute Gasteiger partial charge is 0.411 e. The Morgan fingerprint density at radius 1 is 1.36 bits per heavy atom. The Bertz CT molecular complexity index is 961. The first-order valence-corrected chi connectivity index (χ1v) is 10.3. The summed E-state index contributed by atoms with van der Waals surface area (Å²) >= 11 is 1.25. The maximum atomic E-state index is 12.8. The number of pyridine rings is 1. The molecule has 1 aliphatic rings. The molecule has 3 aromatic heterocycles. The third kappa shape index (κ3) is 4.02. The van der Waals surface area contributed by atoms with Crippen molar-refractivity contribution in [3.05, 3.63) is 47.5 Å². The molecule has 28 heavy (non-hydrogen) atoms. The van der Waals surface area contributed by atoms with E-state index >= 15 is 0 Å². The molecule has 1 fully saturated rings. The van der Waals surface area contributed by atoms with Crippen molar-refractivity contribution >= 4 is 17.5 Å². The summed E-state index contributed by atoms with van der Waals surface area (Å²) in [6.07, 6.45) is 5.77. The van der Waals surface area contributed by atoms with Crippen LogP contribution < -0.4 is 0 Å². The van der Waals surface area contributed by atoms with Gasteiger partial charge in [-0.3, -0.25) is 9.78 Å². The summed E-state index contributed by atoms with van der Waals surface area (Å²) in [7, 11) is 0. The van der Waals surface area contributed by atoms with E-state index in [-0.39, 0.29) is 17.6 Å². The molecule has 0 aromatic carbocycles. The van der Waals surface area contributed by atoms with Gasteiger partial charge < -0.3 is 13.7 Å². The Morgan fingerprint density at radius 2 is 2.25 bits per heavy atom. The Kier molecular flexibility index (Phi) is 5.59. The van der Waals surface area contributed by atoms with E-state index in [1.807, 2.05) is 32.0 Å². The monoisotopic (exact) mass is 398 g/mol. The van der Waals surface area contributed by atoms with Gasteiger partial charge in [0.15, 0.2) is 5.78 Å². The van der Waals surface area contributed by atoms with Crippen molar-refractivity contribution in [2.75, 3.05) is 12.4 Å². The summed E-state index contributed by atoms with van der Waals surface area (Å²) in [5, 5.41) is 8.42. The van der Waals surface area contributed by atoms with Gasteiger partial charge in [-0.05, 0) is 44.9 Å². The van der Waals surface area contributed by atoms with Crippen molar-refractivity contribution in [3.8, 4) is 11.5 Å². The van der Waals surface area contributed by atoms with Crippen LogP contribution in [0.2, 0.25) is 0 Å². The number of hydrogen-bond donors (Lipinski definition) is 0. The van der Waals surface area contributed by atoms with Crippen LogP contribution in [-0.2, 0) is 11.3 Å². The molecule has 7 nitrogen and oxygen atoms in total. The highest BCUT2D eigenvalue weighted by Gasteiger charge is 2.21. The van der Waals surface area contributed by atoms with E-state index < -0.39 is 0 Å². The van der Waals surface area contributed by atoms with Gasteiger partial charge in [0.25, 0.3) is 5.22 Å². The molecular formula is C20H22N4O3S. The zero-order valence-corrected chi connectivity index (χ0v) is 16.7. The van der Waals surface area contributed by atoms with Gasteiger partial charge in [-0.1, -0.05) is 11.8 Å². The molecule has 4 heterocycles. The summed E-state index contributed by atoms with van der Waals surface area (Å²) in [5.74, 6) is 0.703. The lowest BCUT2D eigenvalue weighted by Crippen LogP contribution is -2.17. The number of Topliss-reactive ketones (excluding diaryl/α,β-unsaturated/α-hetero) is 1. The number of carbonyl (C=O) groups is 1. The number of ketones is 1. The number of thioether (sulfide) groups is 1. The second-order valence-electron chi connectivity index (χ2n) is 6.86. The number of rotatable bonds is 7. The van der Waals surface area contributed by atoms with Gasteiger partial charge in [0.05, 0.1) is 17.4 Å². The number of ether oxygens (including phenoxy) is 1. The standard InChI is InChI=1S/C20H22N4O3S/c1-13-9-17(14(2)24(13)11-16-6-4-8-26-16)18(25)12-28-20-23-22-19(27-20)15-5-3-7-21-10-15/h3,5,7,9-10,16H,4,6,8,11-12H2,1-2H3. The summed E-state index contributed by atoms with van der Waals surface area (Å²) in [4.78, 5) is 16.8. The average Bonchev–Trinajstić information content (AvgIpc) is 3.45. The Hall–Kier alpha value is -2.45. The maximum Gasteiger partial charge on any atom is 0.277 e. The fourth-order valence-corrected chi connectivity index (χ4v) is 4.08. The highest BCUT2D eigenvalue weighted by molar-refractivity contribution is 7.99. The highest BCUT2D eigenvalue weighted by Crippen LogP contribution is 2.25. The number of aromatic nitrogens is 4. The van der Waals surface area contributed by atoms with Crippen LogP contribution in [-0.4, -0.2) is 44.0 Å². The molecule has 1 saturated heterocycles. The van der Waals surface area contributed by atoms with Gasteiger partial charge in [0, 0.05) is 42.5 Å². The number of aryl methyl sites for hydroxylation is 1. The number of carbonyl (C=O) groups excluding carboxylic acids is 1. The second kappa shape index (κ2) is 8.28. The zero-order chi connectivity index (χ0) is 19.5. The third-order valence-corrected chi connectivity index (χ3v) is 5.74. The molecule has 8 heteroatoms. The molecule has 1 aliphatic heterocycles. The normalized spacial score (nSPS) is 16.6. The van der Waals surface area contributed by atoms with Crippen LogP contribution in [0.1, 0.15) is 34.6 Å². The quantitative estimate of drug-likeness (QED) is 0.443. The van der Waals surface area contributed by atoms with Gasteiger partial charge >= 0.3 is 0 Å². The van der Waals surface area contributed by atoms with Gasteiger partial charge in [-0.25, -0.2) is 0 Å². The molecular weight excluding hydrogens is 376 g/mol. The van der Waals surface area contributed by atoms with Crippen LogP contribution in [0.5, 0.6) is 0 Å². The lowest BCUT2D eigenvalue weighted by molar-refractivity contribution is 0.0957. The smallest absolute Gasteiger partial charge is 0.277 e. The van der Waals surface area contributed by atoms with E-state index in [1.165, 1.54) is 11.8 Å². The molecule has 0 amide bonds. The first kappa shape index (κ1) is 18.9. The van der Waals surface area contributed by atoms with Crippen molar-refractivity contribution in [1.29, 1.82) is 0 Å². The minimum absolute atomic E-state index is 0.0535. The summed E-state index contributed by atoms with van der Waals surface area (Å²) in [6, 6.07) is 5.62. The van der Waals surface area contributed by atoms with Crippen LogP contribution >= 0.6 is 11.8 Å². The van der Waals surface area contributed by atoms with Crippen LogP contribution in [0.15, 0.2) is 40.2 Å². The summed E-state index contributed by atoms with van der Waals surface area (Å²) in [6.45, 7) is 5.66. The second-order valence-corrected chi connectivity index (χ2v) is 7.78. The van der Waals surface area contributed by atoms with E-state index in [1.54, 1.807) is 12.4 Å². The topological polar surface area (TPSA) is 83.0 Å². The highest BCUT2D eigenvalue weighted by atomic mass is 32.2. The minimum atomic E-state index is 0.0535. The molecule has 0 aliphatic carbocycles. The van der Waals surface area contributed by atoms with Crippen molar-refractivity contribution in [2.24, 2.45) is 0 Å². The molecule has 1 unspecified atom stereocenters. The van der Waals surface area contributed by atoms with E-state index in [4.69, 9.17) is 9.15 Å². The van der Waals surface area contributed by atoms with Gasteiger partial charge in [-0.2, -0.15) is 0 Å². The predicted octanol–water partition coefficient (Wildman–Crippen LogP) is 3.70. The molecule has 3 aromatic rings. The predicted molar refractivity (Wildman–Crippen MR) is 105 cm³/mol. The summed E-state index contributed by atoms with van der Waals surface area (Å²) < 4.78 is 13.6. The van der Waals surface area contributed by atoms with Gasteiger partial charge in [-0.15, -0.1) is 10.2 Å². The average molecular weight is 398 g/mol. The van der Waals surface area contributed by atoms with Crippen molar-refractivity contribution in [2.45, 2.75) is 44.6 Å². The molecule has 0 spiro atoms. The van der Waals surface area contributed by atoms with Crippen LogP contribution in [0, 0.1) is 13.8 Å². The zero-order valence-electron chi connectivity index (χ0n) is 15.9. The van der Waals surface area contributed by atoms with Crippen molar-refractivity contribution in [3.63, 3.8) is 0 Å². The molecule has 0 N–H and O–H groups in total. The lowest BCUT2D eigenvalue weighted by Gasteiger charge is -2.14. The number of hydrogen-bond acceptors (Lipinski definition) is 7. The maximum absolute atomic E-state index is 12.8. The Balaban J connectivity index is 1.41. The molecule has 0 radical (unpaired) electrons. The first-order valence-electron chi connectivity index (χ1n) is 9.30. The van der Waals surface area contributed by atoms with Crippen LogP contribution in [0.3, 0.4) is 0 Å². The lowest BCUT2D eigenvalue weighted by atomic mass is 10.2. The first-order chi connectivity index (χ1) is 13.6. The molecule has 1 atom stereocenters. The van der Waals surface area contributed by atoms with Crippen molar-refractivity contribution < 1.29 is 13.9 Å². The Labute approximate surface area is 167 Å². The Morgan fingerprint density at radius 3 is 3.00 bits per heavy atom. The van der Waals surface area contributed by atoms with E-state index in [0.29, 0.717) is 11.1 Å². The SMILES string of the molecule is Cc1cc(C(=O)CSc2nnc(-c3cccnc3)o2)c(C)n1CC1CCCO1. The fraction of sp³-hybridized carbons (Fsp3) is 0.400. The van der Waals surface area contributed by atoms with E-state index in [0.717, 1.165) is 48.5 Å². The van der Waals surface area contributed by atoms with Crippen LogP contribution in [0.25, 0.3) is 11.5 Å². The van der Waals surface area contributed by atoms with Crippen LogP contribution in [0.4, 0.5) is 0 Å². The van der Waals surface area contributed by atoms with Gasteiger partial charge in [0.2, 0.25) is 5.89 Å². The van der Waals surface area contributed by atoms with Crippen molar-refractivity contribution in [1.82, 2.24) is 19.7 Å². The van der Waals surface area contributed by atoms with E-state index in [9.17, 15) is 4.79 Å². The minimum Gasteiger partial charge on any atom is -0.411 e. The molecule has 146 valence electrons. The third-order valence-electron chi connectivity index (χ3n) is 4.93. The molecule has 4 rings (SSSR count). The number of nitrogens with zero attached hydrogens (tertiary/aromatic N) is 4. The molecule has 0 bridgehead atoms. The van der Waals surface area contributed by atoms with Gasteiger partial charge in [0.1, 0.15) is 0 Å².